The highest BCUT2D eigenvalue weighted by molar-refractivity contribution is 7.17. The van der Waals surface area contributed by atoms with Gasteiger partial charge in [0.15, 0.2) is 0 Å². The first-order valence-corrected chi connectivity index (χ1v) is 17.8. The Balaban J connectivity index is 1.19. The summed E-state index contributed by atoms with van der Waals surface area (Å²) in [4.78, 5) is 2.46. The van der Waals surface area contributed by atoms with Gasteiger partial charge in [-0.15, -0.1) is 11.3 Å². The van der Waals surface area contributed by atoms with Crippen molar-refractivity contribution in [1.29, 1.82) is 0 Å². The maximum Gasteiger partial charge on any atom is 0.0503 e. The molecule has 0 amide bonds. The van der Waals surface area contributed by atoms with Gasteiger partial charge < -0.3 is 4.90 Å². The van der Waals surface area contributed by atoms with Crippen LogP contribution in [-0.2, 0) is 5.41 Å². The highest BCUT2D eigenvalue weighted by Crippen LogP contribution is 2.54. The molecule has 234 valence electrons. The van der Waals surface area contributed by atoms with E-state index in [9.17, 15) is 0 Å². The second-order valence-electron chi connectivity index (χ2n) is 13.4. The molecule has 0 unspecified atom stereocenters. The second-order valence-corrected chi connectivity index (χ2v) is 14.3. The molecule has 0 spiro atoms. The molecule has 2 heteroatoms. The third-order valence-electron chi connectivity index (χ3n) is 10.2. The van der Waals surface area contributed by atoms with Crippen LogP contribution in [0.2, 0.25) is 0 Å². The van der Waals surface area contributed by atoms with Gasteiger partial charge in [0.1, 0.15) is 0 Å². The molecule has 1 aromatic heterocycles. The van der Waals surface area contributed by atoms with Gasteiger partial charge in [-0.05, 0) is 97.9 Å². The van der Waals surface area contributed by atoms with Gasteiger partial charge in [-0.2, -0.15) is 0 Å². The summed E-state index contributed by atoms with van der Waals surface area (Å²) in [6, 6.07) is 62.0. The Morgan fingerprint density at radius 1 is 0.429 bits per heavy atom. The van der Waals surface area contributed by atoms with E-state index < -0.39 is 0 Å². The fourth-order valence-corrected chi connectivity index (χ4v) is 8.50. The maximum atomic E-state index is 2.46. The summed E-state index contributed by atoms with van der Waals surface area (Å²) < 4.78 is 1.31. The molecule has 7 aromatic carbocycles. The molecule has 0 N–H and O–H groups in total. The molecule has 9 rings (SSSR count). The van der Waals surface area contributed by atoms with E-state index in [0.29, 0.717) is 0 Å². The first kappa shape index (κ1) is 29.4. The molecule has 1 aliphatic heterocycles. The Bertz CT molecular complexity index is 2440. The van der Waals surface area contributed by atoms with Crippen molar-refractivity contribution in [2.45, 2.75) is 19.3 Å². The van der Waals surface area contributed by atoms with E-state index in [2.05, 4.69) is 194 Å². The highest BCUT2D eigenvalue weighted by Gasteiger charge is 2.37. The summed E-state index contributed by atoms with van der Waals surface area (Å²) in [5, 5.41) is 3.64. The van der Waals surface area contributed by atoms with Crippen molar-refractivity contribution in [3.8, 4) is 44.5 Å². The van der Waals surface area contributed by atoms with Gasteiger partial charge in [0, 0.05) is 26.8 Å². The Morgan fingerprint density at radius 2 is 0.878 bits per heavy atom. The smallest absolute Gasteiger partial charge is 0.0503 e. The summed E-state index contributed by atoms with van der Waals surface area (Å²) in [5.41, 5.74) is 16.0. The number of thiophene rings is 1. The van der Waals surface area contributed by atoms with E-state index in [4.69, 9.17) is 0 Å². The number of anilines is 3. The van der Waals surface area contributed by atoms with Gasteiger partial charge >= 0.3 is 0 Å². The standard InChI is InChI=1S/C47H35NS/c1-47(2)42-28-36(33-14-8-4-9-15-33)21-26-44(42)48(39-23-18-35(19-24-39)32-12-6-3-7-13-32)45-27-22-38(29-43(45)47)41-31-49-46-30-37(20-25-40(41)46)34-16-10-5-11-17-34/h3-31H,1-2H3. The highest BCUT2D eigenvalue weighted by atomic mass is 32.1. The molecular formula is C47H35NS. The van der Waals surface area contributed by atoms with Crippen LogP contribution >= 0.6 is 11.3 Å². The molecule has 0 saturated carbocycles. The van der Waals surface area contributed by atoms with E-state index in [1.54, 1.807) is 0 Å². The van der Waals surface area contributed by atoms with Gasteiger partial charge in [-0.3, -0.25) is 0 Å². The zero-order valence-corrected chi connectivity index (χ0v) is 28.4. The van der Waals surface area contributed by atoms with Gasteiger partial charge in [-0.25, -0.2) is 0 Å². The molecule has 0 aliphatic carbocycles. The third-order valence-corrected chi connectivity index (χ3v) is 11.1. The summed E-state index contributed by atoms with van der Waals surface area (Å²) >= 11 is 1.83. The van der Waals surface area contributed by atoms with E-state index in [1.165, 1.54) is 77.1 Å². The van der Waals surface area contributed by atoms with Crippen LogP contribution in [0.5, 0.6) is 0 Å². The van der Waals surface area contributed by atoms with E-state index in [1.807, 2.05) is 11.3 Å². The van der Waals surface area contributed by atoms with Crippen LogP contribution in [0.3, 0.4) is 0 Å². The molecule has 2 heterocycles. The van der Waals surface area contributed by atoms with E-state index >= 15 is 0 Å². The topological polar surface area (TPSA) is 3.24 Å². The normalized spacial score (nSPS) is 13.2. The van der Waals surface area contributed by atoms with E-state index in [0.717, 1.165) is 5.69 Å². The fourth-order valence-electron chi connectivity index (χ4n) is 7.49. The lowest BCUT2D eigenvalue weighted by molar-refractivity contribution is 0.632. The van der Waals surface area contributed by atoms with Crippen LogP contribution in [-0.4, -0.2) is 0 Å². The average Bonchev–Trinajstić information content (AvgIpc) is 3.60. The van der Waals surface area contributed by atoms with Crippen molar-refractivity contribution >= 4 is 38.5 Å². The van der Waals surface area contributed by atoms with Crippen LogP contribution < -0.4 is 4.90 Å². The minimum atomic E-state index is -0.224. The summed E-state index contributed by atoms with van der Waals surface area (Å²) in [5.74, 6) is 0. The largest absolute Gasteiger partial charge is 0.310 e. The molecule has 8 aromatic rings. The van der Waals surface area contributed by atoms with Crippen LogP contribution in [0.25, 0.3) is 54.6 Å². The molecule has 0 bridgehead atoms. The quantitative estimate of drug-likeness (QED) is 0.180. The molecule has 1 aliphatic rings. The number of hydrogen-bond acceptors (Lipinski definition) is 2. The lowest BCUT2D eigenvalue weighted by Crippen LogP contribution is -2.30. The number of benzene rings is 7. The SMILES string of the molecule is CC1(C)c2cc(-c3ccccc3)ccc2N(c2ccc(-c3ccccc3)cc2)c2ccc(-c3csc4cc(-c5ccccc5)ccc34)cc21. The predicted octanol–water partition coefficient (Wildman–Crippen LogP) is 13.7. The molecule has 1 nitrogen and oxygen atoms in total. The number of hydrogen-bond donors (Lipinski definition) is 0. The predicted molar refractivity (Wildman–Crippen MR) is 210 cm³/mol. The summed E-state index contributed by atoms with van der Waals surface area (Å²) in [7, 11) is 0. The lowest BCUT2D eigenvalue weighted by atomic mass is 9.72. The first-order chi connectivity index (χ1) is 24.0. The Kier molecular flexibility index (Phi) is 7.07. The monoisotopic (exact) mass is 645 g/mol. The van der Waals surface area contributed by atoms with Crippen molar-refractivity contribution in [1.82, 2.24) is 0 Å². The summed E-state index contributed by atoms with van der Waals surface area (Å²) in [6.45, 7) is 4.77. The minimum Gasteiger partial charge on any atom is -0.310 e. The summed E-state index contributed by atoms with van der Waals surface area (Å²) in [6.07, 6.45) is 0. The molecule has 49 heavy (non-hydrogen) atoms. The molecule has 0 saturated heterocycles. The van der Waals surface area contributed by atoms with Gasteiger partial charge in [0.25, 0.3) is 0 Å². The van der Waals surface area contributed by atoms with E-state index in [-0.39, 0.29) is 5.41 Å². The molecular weight excluding hydrogens is 611 g/mol. The first-order valence-electron chi connectivity index (χ1n) is 16.9. The van der Waals surface area contributed by atoms with Crippen LogP contribution in [0, 0.1) is 0 Å². The van der Waals surface area contributed by atoms with Gasteiger partial charge in [0.05, 0.1) is 11.4 Å². The molecule has 0 radical (unpaired) electrons. The van der Waals surface area contributed by atoms with Crippen molar-refractivity contribution in [3.05, 3.63) is 186 Å². The van der Waals surface area contributed by atoms with Crippen LogP contribution in [0.4, 0.5) is 17.1 Å². The van der Waals surface area contributed by atoms with Crippen molar-refractivity contribution in [2.75, 3.05) is 4.90 Å². The maximum absolute atomic E-state index is 2.46. The lowest BCUT2D eigenvalue weighted by Gasteiger charge is -2.42. The molecule has 0 atom stereocenters. The Hall–Kier alpha value is -5.70. The van der Waals surface area contributed by atoms with Crippen LogP contribution in [0.1, 0.15) is 25.0 Å². The van der Waals surface area contributed by atoms with Gasteiger partial charge in [-0.1, -0.05) is 141 Å². The number of fused-ring (bicyclic) bond motifs is 3. The average molecular weight is 646 g/mol. The van der Waals surface area contributed by atoms with Gasteiger partial charge in [0.2, 0.25) is 0 Å². The Labute approximate surface area is 292 Å². The zero-order valence-electron chi connectivity index (χ0n) is 27.6. The van der Waals surface area contributed by atoms with Crippen molar-refractivity contribution < 1.29 is 0 Å². The molecule has 0 fully saturated rings. The number of rotatable bonds is 5. The minimum absolute atomic E-state index is 0.224. The van der Waals surface area contributed by atoms with Crippen LogP contribution in [0.15, 0.2) is 175 Å². The Morgan fingerprint density at radius 3 is 1.47 bits per heavy atom. The van der Waals surface area contributed by atoms with Crippen molar-refractivity contribution in [3.63, 3.8) is 0 Å². The second kappa shape index (κ2) is 11.8. The third kappa shape index (κ3) is 5.08. The van der Waals surface area contributed by atoms with Crippen molar-refractivity contribution in [2.24, 2.45) is 0 Å². The fraction of sp³-hybridized carbons (Fsp3) is 0.0638. The number of nitrogens with zero attached hydrogens (tertiary/aromatic N) is 1. The zero-order chi connectivity index (χ0) is 33.0.